The van der Waals surface area contributed by atoms with Crippen LogP contribution in [0.1, 0.15) is 12.8 Å². The van der Waals surface area contributed by atoms with Crippen molar-refractivity contribution in [2.24, 2.45) is 0 Å². The molecule has 0 aliphatic carbocycles. The van der Waals surface area contributed by atoms with Crippen molar-refractivity contribution in [1.82, 2.24) is 4.34 Å². The van der Waals surface area contributed by atoms with Crippen LogP contribution >= 0.6 is 16.1 Å². The molecule has 0 saturated heterocycles. The van der Waals surface area contributed by atoms with Crippen LogP contribution in [0.3, 0.4) is 0 Å². The normalized spacial score (nSPS) is 7.00. The summed E-state index contributed by atoms with van der Waals surface area (Å²) in [5.74, 6) is -1.29. The Balaban J connectivity index is -0.000000320. The van der Waals surface area contributed by atoms with Crippen LogP contribution < -0.4 is 4.34 Å². The van der Waals surface area contributed by atoms with Gasteiger partial charge in [-0.3, -0.25) is 13.9 Å². The molecule has 0 aliphatic heterocycles. The monoisotopic (exact) mass is 273 g/mol. The first-order valence-electron chi connectivity index (χ1n) is 2.28. The Morgan fingerprint density at radius 2 is 1.73 bits per heavy atom. The van der Waals surface area contributed by atoms with E-state index in [0.29, 0.717) is 0 Å². The molecule has 11 heavy (non-hydrogen) atoms. The molecule has 0 aliphatic rings. The fraction of sp³-hybridized carbons (Fsp3) is 0.500. The first-order chi connectivity index (χ1) is 4.16. The average Bonchev–Trinajstić information content (AvgIpc) is 1.83. The Hall–Kier alpha value is 2.69. The summed E-state index contributed by atoms with van der Waals surface area (Å²) in [6, 6.07) is 0. The largest absolute Gasteiger partial charge is 0.481 e. The van der Waals surface area contributed by atoms with Crippen molar-refractivity contribution in [3.63, 3.8) is 0 Å². The Bertz CT molecular complexity index is 133. The summed E-state index contributed by atoms with van der Waals surface area (Å²) in [6.45, 7) is 0. The van der Waals surface area contributed by atoms with Gasteiger partial charge in [-0.1, -0.05) is 0 Å². The van der Waals surface area contributed by atoms with Gasteiger partial charge in [0.25, 0.3) is 0 Å². The molecule has 0 saturated carbocycles. The number of carbonyl (C=O) groups excluding carboxylic acids is 1. The summed E-state index contributed by atoms with van der Waals surface area (Å²) in [5, 5.41) is 8.06. The van der Waals surface area contributed by atoms with E-state index in [2.05, 4.69) is 20.5 Å². The minimum absolute atomic E-state index is 0. The van der Waals surface area contributed by atoms with Crippen LogP contribution in [-0.4, -0.2) is 120 Å². The second kappa shape index (κ2) is 12.7. The molecule has 0 spiro atoms. The molecule has 7 heteroatoms. The third kappa shape index (κ3) is 15.4. The third-order valence-electron chi connectivity index (χ3n) is 0.671. The molecule has 0 atom stereocenters. The maximum Gasteiger partial charge on any atom is 0.303 e. The molecule has 0 rings (SSSR count). The molecule has 0 bridgehead atoms. The topological polar surface area (TPSA) is 66.4 Å². The van der Waals surface area contributed by atoms with Crippen LogP contribution in [0.2, 0.25) is 0 Å². The molecule has 0 fully saturated rings. The maximum absolute atomic E-state index is 10.3. The van der Waals surface area contributed by atoms with Crippen LogP contribution in [0.4, 0.5) is 0 Å². The number of aliphatic carboxylic acids is 1. The zero-order valence-electron chi connectivity index (χ0n) is 6.56. The maximum atomic E-state index is 10.3. The summed E-state index contributed by atoms with van der Waals surface area (Å²) in [6.07, 6.45) is -0.113. The number of hydrogen-bond acceptors (Lipinski definition) is 2. The fourth-order valence-corrected chi connectivity index (χ4v) is 0.466. The zero-order valence-corrected chi connectivity index (χ0v) is 14.4. The van der Waals surface area contributed by atoms with Crippen LogP contribution in [0.15, 0.2) is 0 Å². The molecule has 0 aromatic carbocycles. The Morgan fingerprint density at radius 1 is 1.27 bits per heavy atom. The number of carbonyl (C=O) groups is 2. The SMILES string of the molecule is O=C(O)CCC(=O)NBr.[K].[K]. The molecule has 54 valence electrons. The standard InChI is InChI=1S/C4H6BrNO3.2K/c5-6-3(7)1-2-4(8)9;;/h1-2H2,(H,6,7)(H,8,9);;. The summed E-state index contributed by atoms with van der Waals surface area (Å²) < 4.78 is 2.13. The van der Waals surface area contributed by atoms with Crippen LogP contribution in [-0.2, 0) is 9.59 Å². The van der Waals surface area contributed by atoms with Gasteiger partial charge < -0.3 is 5.11 Å². The number of carboxylic acid groups (broad SMARTS) is 1. The second-order valence-electron chi connectivity index (χ2n) is 1.41. The van der Waals surface area contributed by atoms with Crippen LogP contribution in [0.5, 0.6) is 0 Å². The first-order valence-corrected chi connectivity index (χ1v) is 3.07. The zero-order chi connectivity index (χ0) is 7.28. The van der Waals surface area contributed by atoms with Crippen molar-refractivity contribution >= 4 is 131 Å². The smallest absolute Gasteiger partial charge is 0.303 e. The van der Waals surface area contributed by atoms with Crippen LogP contribution in [0, 0.1) is 0 Å². The van der Waals surface area contributed by atoms with Crippen molar-refractivity contribution < 1.29 is 14.7 Å². The number of carboxylic acids is 1. The van der Waals surface area contributed by atoms with E-state index in [-0.39, 0.29) is 122 Å². The van der Waals surface area contributed by atoms with Gasteiger partial charge in [-0.15, -0.1) is 0 Å². The molecule has 0 heterocycles. The van der Waals surface area contributed by atoms with E-state index in [4.69, 9.17) is 5.11 Å². The summed E-state index contributed by atoms with van der Waals surface area (Å²) in [5.41, 5.74) is 0. The third-order valence-corrected chi connectivity index (χ3v) is 1.11. The molecule has 1 amide bonds. The minimum Gasteiger partial charge on any atom is -0.481 e. The van der Waals surface area contributed by atoms with E-state index < -0.39 is 5.97 Å². The van der Waals surface area contributed by atoms with E-state index in [1.807, 2.05) is 0 Å². The van der Waals surface area contributed by atoms with Gasteiger partial charge in [0.1, 0.15) is 0 Å². The second-order valence-corrected chi connectivity index (χ2v) is 1.81. The van der Waals surface area contributed by atoms with Crippen molar-refractivity contribution in [1.29, 1.82) is 0 Å². The summed E-state index contributed by atoms with van der Waals surface area (Å²) in [4.78, 5) is 20.1. The van der Waals surface area contributed by atoms with Gasteiger partial charge in [0.05, 0.1) is 6.42 Å². The molecule has 0 aromatic rings. The van der Waals surface area contributed by atoms with Crippen molar-refractivity contribution in [2.75, 3.05) is 0 Å². The number of halogens is 1. The Labute approximate surface area is 158 Å². The van der Waals surface area contributed by atoms with E-state index in [0.717, 1.165) is 0 Å². The average molecular weight is 274 g/mol. The molecule has 0 aromatic heterocycles. The van der Waals surface area contributed by atoms with Crippen LogP contribution in [0.25, 0.3) is 0 Å². The van der Waals surface area contributed by atoms with Gasteiger partial charge in [0, 0.05) is 125 Å². The quantitative estimate of drug-likeness (QED) is 0.539. The summed E-state index contributed by atoms with van der Waals surface area (Å²) in [7, 11) is 0. The molecular weight excluding hydrogens is 268 g/mol. The number of rotatable bonds is 3. The predicted molar refractivity (Wildman–Crippen MR) is 45.4 cm³/mol. The molecule has 4 nitrogen and oxygen atoms in total. The van der Waals surface area contributed by atoms with E-state index in [1.54, 1.807) is 0 Å². The first kappa shape index (κ1) is 19.3. The number of hydrogen-bond donors (Lipinski definition) is 2. The van der Waals surface area contributed by atoms with E-state index in [1.165, 1.54) is 0 Å². The predicted octanol–water partition coefficient (Wildman–Crippen LogP) is -0.484. The van der Waals surface area contributed by atoms with Crippen molar-refractivity contribution in [3.8, 4) is 0 Å². The van der Waals surface area contributed by atoms with Gasteiger partial charge in [-0.05, 0) is 0 Å². The van der Waals surface area contributed by atoms with Gasteiger partial charge >= 0.3 is 5.97 Å². The van der Waals surface area contributed by atoms with Gasteiger partial charge in [0.15, 0.2) is 0 Å². The Kier molecular flexibility index (Phi) is 22.3. The molecular formula is C4H6BrK2NO3. The molecule has 2 N–H and O–H groups in total. The minimum atomic E-state index is -0.967. The molecule has 0 unspecified atom stereocenters. The summed E-state index contributed by atoms with van der Waals surface area (Å²) >= 11 is 2.67. The van der Waals surface area contributed by atoms with Gasteiger partial charge in [-0.2, -0.15) is 0 Å². The van der Waals surface area contributed by atoms with Gasteiger partial charge in [0.2, 0.25) is 5.91 Å². The van der Waals surface area contributed by atoms with E-state index in [9.17, 15) is 9.59 Å². The fourth-order valence-electron chi connectivity index (χ4n) is 0.268. The van der Waals surface area contributed by atoms with Gasteiger partial charge in [-0.25, -0.2) is 0 Å². The number of amides is 1. The Morgan fingerprint density at radius 3 is 2.00 bits per heavy atom. The molecule has 2 radical (unpaired) electrons. The van der Waals surface area contributed by atoms with Crippen molar-refractivity contribution in [2.45, 2.75) is 12.8 Å². The van der Waals surface area contributed by atoms with Crippen molar-refractivity contribution in [3.05, 3.63) is 0 Å². The number of nitrogens with one attached hydrogen (secondary N) is 1. The van der Waals surface area contributed by atoms with E-state index >= 15 is 0 Å².